The molecule has 130 valence electrons. The third-order valence-corrected chi connectivity index (χ3v) is 5.25. The number of nitrogens with zero attached hydrogens (tertiary/aromatic N) is 4. The predicted molar refractivity (Wildman–Crippen MR) is 104 cm³/mol. The van der Waals surface area contributed by atoms with Gasteiger partial charge in [-0.2, -0.15) is 0 Å². The number of rotatable bonds is 4. The Morgan fingerprint density at radius 1 is 1.27 bits per heavy atom. The lowest BCUT2D eigenvalue weighted by molar-refractivity contribution is 0.627. The summed E-state index contributed by atoms with van der Waals surface area (Å²) in [6.45, 7) is 4.44. The van der Waals surface area contributed by atoms with Crippen LogP contribution in [0.25, 0.3) is 26.1 Å². The molecule has 7 heteroatoms. The summed E-state index contributed by atoms with van der Waals surface area (Å²) in [7, 11) is 1.96. The van der Waals surface area contributed by atoms with Crippen LogP contribution in [0.1, 0.15) is 0 Å². The van der Waals surface area contributed by atoms with Gasteiger partial charge in [0.1, 0.15) is 27.2 Å². The van der Waals surface area contributed by atoms with Crippen LogP contribution in [0.5, 0.6) is 0 Å². The van der Waals surface area contributed by atoms with Gasteiger partial charge in [-0.1, -0.05) is 6.08 Å². The van der Waals surface area contributed by atoms with Gasteiger partial charge in [-0.25, -0.2) is 14.4 Å². The molecule has 0 aliphatic rings. The zero-order valence-corrected chi connectivity index (χ0v) is 14.8. The van der Waals surface area contributed by atoms with Crippen LogP contribution in [0.15, 0.2) is 60.3 Å². The first-order chi connectivity index (χ1) is 12.6. The van der Waals surface area contributed by atoms with E-state index >= 15 is 0 Å². The van der Waals surface area contributed by atoms with E-state index in [0.717, 1.165) is 15.9 Å². The van der Waals surface area contributed by atoms with Crippen molar-refractivity contribution in [3.05, 3.63) is 71.7 Å². The van der Waals surface area contributed by atoms with Crippen molar-refractivity contribution in [1.82, 2.24) is 14.5 Å². The quantitative estimate of drug-likeness (QED) is 0.516. The number of hydrogen-bond donors (Lipinski definition) is 0. The molecule has 0 saturated carbocycles. The summed E-state index contributed by atoms with van der Waals surface area (Å²) in [6, 6.07) is 7.66. The number of likely N-dealkylation sites (N-methyl/N-ethyl adjacent to an activating group) is 1. The topological polar surface area (TPSA) is 51.0 Å². The first-order valence-corrected chi connectivity index (χ1v) is 8.78. The summed E-state index contributed by atoms with van der Waals surface area (Å²) >= 11 is 1.32. The zero-order valence-electron chi connectivity index (χ0n) is 14.0. The number of fused-ring (bicyclic) bond motifs is 3. The fourth-order valence-corrected chi connectivity index (χ4v) is 3.98. The van der Waals surface area contributed by atoms with Crippen LogP contribution in [0, 0.1) is 5.82 Å². The molecular formula is C19H15FN4OS. The summed E-state index contributed by atoms with van der Waals surface area (Å²) in [5.74, 6) is -0.350. The highest BCUT2D eigenvalue weighted by Crippen LogP contribution is 2.35. The molecule has 0 N–H and O–H groups in total. The number of aromatic nitrogens is 3. The summed E-state index contributed by atoms with van der Waals surface area (Å²) in [5.41, 5.74) is 1.96. The van der Waals surface area contributed by atoms with Crippen molar-refractivity contribution in [3.63, 3.8) is 0 Å². The molecule has 0 radical (unpaired) electrons. The third kappa shape index (κ3) is 2.57. The van der Waals surface area contributed by atoms with Gasteiger partial charge in [-0.15, -0.1) is 17.9 Å². The number of benzene rings is 1. The molecule has 3 heterocycles. The molecular weight excluding hydrogens is 351 g/mol. The van der Waals surface area contributed by atoms with Gasteiger partial charge in [0.05, 0.1) is 16.8 Å². The van der Waals surface area contributed by atoms with Crippen molar-refractivity contribution in [2.24, 2.45) is 0 Å². The molecule has 4 aromatic rings. The molecule has 0 unspecified atom stereocenters. The number of pyridine rings is 1. The molecule has 1 aromatic carbocycles. The molecule has 0 aliphatic carbocycles. The molecule has 0 spiro atoms. The number of halogens is 1. The Morgan fingerprint density at radius 2 is 2.04 bits per heavy atom. The SMILES string of the molecule is C=CCN(C)c1ccnc2sc3c(=O)n(-c4ccc(F)cc4)cnc3c12. The van der Waals surface area contributed by atoms with E-state index in [1.807, 2.05) is 24.1 Å². The zero-order chi connectivity index (χ0) is 18.3. The third-order valence-electron chi connectivity index (χ3n) is 4.18. The minimum Gasteiger partial charge on any atom is -0.370 e. The molecule has 4 rings (SSSR count). The number of thiophene rings is 1. The number of hydrogen-bond acceptors (Lipinski definition) is 5. The van der Waals surface area contributed by atoms with Crippen molar-refractivity contribution in [3.8, 4) is 5.69 Å². The van der Waals surface area contributed by atoms with E-state index in [2.05, 4.69) is 16.5 Å². The molecule has 0 aliphatic heterocycles. The highest BCUT2D eigenvalue weighted by molar-refractivity contribution is 7.25. The van der Waals surface area contributed by atoms with Gasteiger partial charge in [-0.3, -0.25) is 9.36 Å². The minimum atomic E-state index is -0.350. The van der Waals surface area contributed by atoms with Gasteiger partial charge in [-0.05, 0) is 30.3 Å². The average molecular weight is 366 g/mol. The monoisotopic (exact) mass is 366 g/mol. The first kappa shape index (κ1) is 16.4. The molecule has 0 bridgehead atoms. The Kier molecular flexibility index (Phi) is 4.00. The van der Waals surface area contributed by atoms with Crippen LogP contribution in [0.2, 0.25) is 0 Å². The van der Waals surface area contributed by atoms with Crippen molar-refractivity contribution in [2.75, 3.05) is 18.5 Å². The van der Waals surface area contributed by atoms with E-state index in [0.29, 0.717) is 22.4 Å². The summed E-state index contributed by atoms with van der Waals surface area (Å²) in [4.78, 5) is 24.7. The molecule has 0 saturated heterocycles. The van der Waals surface area contributed by atoms with Gasteiger partial charge in [0.15, 0.2) is 0 Å². The minimum absolute atomic E-state index is 0.193. The maximum absolute atomic E-state index is 13.2. The van der Waals surface area contributed by atoms with Crippen LogP contribution in [-0.2, 0) is 0 Å². The average Bonchev–Trinajstić information content (AvgIpc) is 3.03. The Morgan fingerprint density at radius 3 is 2.77 bits per heavy atom. The molecule has 0 amide bonds. The van der Waals surface area contributed by atoms with Crippen LogP contribution in [0.4, 0.5) is 10.1 Å². The van der Waals surface area contributed by atoms with Crippen LogP contribution in [-0.4, -0.2) is 28.1 Å². The Labute approximate surface area is 152 Å². The molecule has 26 heavy (non-hydrogen) atoms. The van der Waals surface area contributed by atoms with E-state index in [1.54, 1.807) is 18.3 Å². The lowest BCUT2D eigenvalue weighted by Crippen LogP contribution is -2.18. The van der Waals surface area contributed by atoms with Crippen molar-refractivity contribution >= 4 is 37.5 Å². The van der Waals surface area contributed by atoms with Gasteiger partial charge in [0.2, 0.25) is 0 Å². The highest BCUT2D eigenvalue weighted by Gasteiger charge is 2.17. The van der Waals surface area contributed by atoms with Gasteiger partial charge >= 0.3 is 0 Å². The van der Waals surface area contributed by atoms with Gasteiger partial charge in [0, 0.05) is 19.8 Å². The molecule has 3 aromatic heterocycles. The van der Waals surface area contributed by atoms with Crippen LogP contribution < -0.4 is 10.5 Å². The second-order valence-corrected chi connectivity index (χ2v) is 6.85. The second kappa shape index (κ2) is 6.34. The molecule has 5 nitrogen and oxygen atoms in total. The van der Waals surface area contributed by atoms with Crippen molar-refractivity contribution in [2.45, 2.75) is 0 Å². The van der Waals surface area contributed by atoms with E-state index in [9.17, 15) is 9.18 Å². The normalized spacial score (nSPS) is 11.2. The summed E-state index contributed by atoms with van der Waals surface area (Å²) in [6.07, 6.45) is 5.02. The Balaban J connectivity index is 1.98. The van der Waals surface area contributed by atoms with E-state index in [1.165, 1.54) is 34.4 Å². The van der Waals surface area contributed by atoms with Gasteiger partial charge < -0.3 is 4.90 Å². The lowest BCUT2D eigenvalue weighted by atomic mass is 10.2. The summed E-state index contributed by atoms with van der Waals surface area (Å²) < 4.78 is 15.1. The standard InChI is InChI=1S/C19H15FN4OS/c1-3-10-23(2)14-8-9-21-18-15(14)16-17(26-18)19(25)24(11-22-16)13-6-4-12(20)5-7-13/h3-9,11H,1,10H2,2H3. The Bertz CT molecular complexity index is 1180. The Hall–Kier alpha value is -3.06. The molecule has 0 atom stereocenters. The van der Waals surface area contributed by atoms with E-state index in [4.69, 9.17) is 0 Å². The predicted octanol–water partition coefficient (Wildman–Crippen LogP) is 3.76. The lowest BCUT2D eigenvalue weighted by Gasteiger charge is -2.17. The fraction of sp³-hybridized carbons (Fsp3) is 0.105. The number of anilines is 1. The van der Waals surface area contributed by atoms with Crippen LogP contribution in [0.3, 0.4) is 0 Å². The maximum Gasteiger partial charge on any atom is 0.275 e. The van der Waals surface area contributed by atoms with Crippen molar-refractivity contribution < 1.29 is 4.39 Å². The fourth-order valence-electron chi connectivity index (χ4n) is 2.93. The summed E-state index contributed by atoms with van der Waals surface area (Å²) in [5, 5.41) is 0.861. The second-order valence-electron chi connectivity index (χ2n) is 5.86. The largest absolute Gasteiger partial charge is 0.370 e. The van der Waals surface area contributed by atoms with Crippen LogP contribution >= 0.6 is 11.3 Å². The maximum atomic E-state index is 13.2. The van der Waals surface area contributed by atoms with Crippen molar-refractivity contribution in [1.29, 1.82) is 0 Å². The smallest absolute Gasteiger partial charge is 0.275 e. The van der Waals surface area contributed by atoms with E-state index < -0.39 is 0 Å². The first-order valence-electron chi connectivity index (χ1n) is 7.97. The highest BCUT2D eigenvalue weighted by atomic mass is 32.1. The van der Waals surface area contributed by atoms with E-state index in [-0.39, 0.29) is 11.4 Å². The molecule has 0 fully saturated rings. The van der Waals surface area contributed by atoms with Gasteiger partial charge in [0.25, 0.3) is 5.56 Å².